The third-order valence-corrected chi connectivity index (χ3v) is 8.34. The van der Waals surface area contributed by atoms with Gasteiger partial charge in [-0.3, -0.25) is 14.4 Å². The van der Waals surface area contributed by atoms with Crippen LogP contribution >= 0.6 is 11.6 Å². The van der Waals surface area contributed by atoms with Crippen molar-refractivity contribution >= 4 is 41.0 Å². The lowest BCUT2D eigenvalue weighted by molar-refractivity contribution is -0.156. The fraction of sp³-hybridized carbons (Fsp3) is 0.429. The van der Waals surface area contributed by atoms with Crippen LogP contribution in [0.25, 0.3) is 0 Å². The molecule has 1 aliphatic rings. The van der Waals surface area contributed by atoms with Gasteiger partial charge in [-0.25, -0.2) is 4.79 Å². The lowest BCUT2D eigenvalue weighted by Crippen LogP contribution is -2.50. The molecule has 8 nitrogen and oxygen atoms in total. The average Bonchev–Trinajstić information content (AvgIpc) is 3.13. The molecule has 2 amide bonds. The minimum Gasteiger partial charge on any atom is -0.481 e. The van der Waals surface area contributed by atoms with Crippen molar-refractivity contribution in [2.45, 2.75) is 52.3 Å². The van der Waals surface area contributed by atoms with Crippen molar-refractivity contribution in [1.82, 2.24) is 5.32 Å². The number of ether oxygens (including phenoxy) is 1. The summed E-state index contributed by atoms with van der Waals surface area (Å²) < 4.78 is 44.0. The van der Waals surface area contributed by atoms with Gasteiger partial charge >= 0.3 is 18.1 Å². The normalized spacial score (nSPS) is 20.9. The van der Waals surface area contributed by atoms with E-state index in [1.165, 1.54) is 19.2 Å². The van der Waals surface area contributed by atoms with Crippen LogP contribution in [0.15, 0.2) is 42.5 Å². The highest BCUT2D eigenvalue weighted by molar-refractivity contribution is 6.34. The van der Waals surface area contributed by atoms with E-state index >= 15 is 0 Å². The number of carboxylic acid groups (broad SMARTS) is 1. The Morgan fingerprint density at radius 1 is 1.10 bits per heavy atom. The van der Waals surface area contributed by atoms with Crippen molar-refractivity contribution in [3.63, 3.8) is 0 Å². The van der Waals surface area contributed by atoms with Gasteiger partial charge in [-0.15, -0.1) is 0 Å². The van der Waals surface area contributed by atoms with Crippen LogP contribution in [0.5, 0.6) is 0 Å². The summed E-state index contributed by atoms with van der Waals surface area (Å²) in [5.41, 5.74) is -2.47. The van der Waals surface area contributed by atoms with Crippen molar-refractivity contribution in [1.29, 1.82) is 0 Å². The van der Waals surface area contributed by atoms with E-state index in [-0.39, 0.29) is 22.7 Å². The van der Waals surface area contributed by atoms with Gasteiger partial charge in [0.15, 0.2) is 0 Å². The number of carboxylic acids is 1. The summed E-state index contributed by atoms with van der Waals surface area (Å²) in [6, 6.07) is 7.52. The number of halogens is 4. The molecular formula is C28H30ClF3N2O6. The molecule has 1 aliphatic carbocycles. The van der Waals surface area contributed by atoms with E-state index in [0.29, 0.717) is 24.5 Å². The first kappa shape index (κ1) is 30.9. The van der Waals surface area contributed by atoms with E-state index in [2.05, 4.69) is 10.6 Å². The maximum Gasteiger partial charge on any atom is 0.416 e. The van der Waals surface area contributed by atoms with Crippen molar-refractivity contribution in [3.8, 4) is 0 Å². The predicted molar refractivity (Wildman–Crippen MR) is 141 cm³/mol. The van der Waals surface area contributed by atoms with E-state index < -0.39 is 58.3 Å². The molecule has 0 spiro atoms. The number of hydrogen-bond donors (Lipinski definition) is 3. The average molecular weight is 583 g/mol. The maximum absolute atomic E-state index is 13.2. The quantitative estimate of drug-likeness (QED) is 0.361. The highest BCUT2D eigenvalue weighted by Gasteiger charge is 2.58. The molecule has 0 radical (unpaired) electrons. The Morgan fingerprint density at radius 3 is 2.25 bits per heavy atom. The number of methoxy groups -OCH3 is 1. The Hall–Kier alpha value is -3.60. The standard InChI is InChI=1S/C28H30ClF3N2O6/c1-26(2)19(11-12-27(26,3)25(38)39)23(36)34-21(24(37)40-4)13-15-5-8-17(9-6-15)33-22(35)18-14-16(28(30,31)32)7-10-20(18)29/h5-10,14,19,21H,11-13H2,1-4H3,(H,33,35)(H,34,36)(H,38,39)/t19?,21-,27?/m0/s1. The Kier molecular flexibility index (Phi) is 8.88. The Bertz CT molecular complexity index is 1310. The molecule has 216 valence electrons. The van der Waals surface area contributed by atoms with Crippen LogP contribution < -0.4 is 10.6 Å². The second-order valence-corrected chi connectivity index (χ2v) is 11.0. The number of alkyl halides is 3. The van der Waals surface area contributed by atoms with Crippen LogP contribution in [0.2, 0.25) is 5.02 Å². The number of rotatable bonds is 8. The molecule has 0 saturated heterocycles. The van der Waals surface area contributed by atoms with Crippen molar-refractivity contribution in [2.24, 2.45) is 16.7 Å². The summed E-state index contributed by atoms with van der Waals surface area (Å²) in [7, 11) is 1.18. The fourth-order valence-electron chi connectivity index (χ4n) is 4.98. The summed E-state index contributed by atoms with van der Waals surface area (Å²) in [5, 5.41) is 14.8. The molecule has 12 heteroatoms. The number of carbonyl (C=O) groups excluding carboxylic acids is 3. The van der Waals surface area contributed by atoms with Gasteiger partial charge in [-0.1, -0.05) is 37.6 Å². The first-order valence-corrected chi connectivity index (χ1v) is 12.8. The Morgan fingerprint density at radius 2 is 1.73 bits per heavy atom. The molecule has 1 fully saturated rings. The van der Waals surface area contributed by atoms with Crippen molar-refractivity contribution in [3.05, 3.63) is 64.2 Å². The molecule has 3 N–H and O–H groups in total. The van der Waals surface area contributed by atoms with Gasteiger partial charge in [0, 0.05) is 18.0 Å². The van der Waals surface area contributed by atoms with Gasteiger partial charge in [0.25, 0.3) is 5.91 Å². The summed E-state index contributed by atoms with van der Waals surface area (Å²) in [5.74, 6) is -3.61. The number of aliphatic carboxylic acids is 1. The van der Waals surface area contributed by atoms with Crippen LogP contribution in [-0.4, -0.2) is 42.0 Å². The zero-order valence-corrected chi connectivity index (χ0v) is 23.1. The second-order valence-electron chi connectivity index (χ2n) is 10.6. The monoisotopic (exact) mass is 582 g/mol. The molecule has 2 unspecified atom stereocenters. The molecule has 2 aromatic rings. The minimum atomic E-state index is -4.64. The Labute approximate surface area is 234 Å². The molecule has 2 aromatic carbocycles. The van der Waals surface area contributed by atoms with Crippen molar-refractivity contribution in [2.75, 3.05) is 12.4 Å². The van der Waals surface area contributed by atoms with E-state index in [1.54, 1.807) is 32.9 Å². The van der Waals surface area contributed by atoms with Gasteiger partial charge < -0.3 is 20.5 Å². The van der Waals surface area contributed by atoms with Crippen LogP contribution in [-0.2, 0) is 31.7 Å². The predicted octanol–water partition coefficient (Wildman–Crippen LogP) is 5.34. The molecule has 3 rings (SSSR count). The van der Waals surface area contributed by atoms with Gasteiger partial charge in [0.1, 0.15) is 6.04 Å². The number of esters is 1. The van der Waals surface area contributed by atoms with E-state index in [4.69, 9.17) is 16.3 Å². The lowest BCUT2D eigenvalue weighted by atomic mass is 9.65. The smallest absolute Gasteiger partial charge is 0.416 e. The summed E-state index contributed by atoms with van der Waals surface area (Å²) in [6.07, 6.45) is -3.94. The third-order valence-electron chi connectivity index (χ3n) is 8.01. The highest BCUT2D eigenvalue weighted by atomic mass is 35.5. The number of amides is 2. The molecule has 0 bridgehead atoms. The molecule has 40 heavy (non-hydrogen) atoms. The number of carbonyl (C=O) groups is 4. The van der Waals surface area contributed by atoms with E-state index in [1.807, 2.05) is 0 Å². The highest BCUT2D eigenvalue weighted by Crippen LogP contribution is 2.56. The van der Waals surface area contributed by atoms with Gasteiger partial charge in [-0.05, 0) is 61.1 Å². The molecule has 3 atom stereocenters. The van der Waals surface area contributed by atoms with Crippen LogP contribution in [0.3, 0.4) is 0 Å². The van der Waals surface area contributed by atoms with Gasteiger partial charge in [-0.2, -0.15) is 13.2 Å². The molecule has 0 aliphatic heterocycles. The topological polar surface area (TPSA) is 122 Å². The molecule has 0 aromatic heterocycles. The number of anilines is 1. The zero-order valence-electron chi connectivity index (χ0n) is 22.3. The first-order valence-electron chi connectivity index (χ1n) is 12.4. The van der Waals surface area contributed by atoms with Gasteiger partial charge in [0.05, 0.1) is 28.7 Å². The summed E-state index contributed by atoms with van der Waals surface area (Å²) in [4.78, 5) is 50.1. The fourth-order valence-corrected chi connectivity index (χ4v) is 5.19. The number of benzene rings is 2. The third kappa shape index (κ3) is 6.24. The molecule has 1 saturated carbocycles. The second kappa shape index (κ2) is 11.5. The lowest BCUT2D eigenvalue weighted by Gasteiger charge is -2.38. The minimum absolute atomic E-state index is 0.0371. The largest absolute Gasteiger partial charge is 0.481 e. The molecular weight excluding hydrogens is 553 g/mol. The summed E-state index contributed by atoms with van der Waals surface area (Å²) >= 11 is 5.93. The SMILES string of the molecule is COC(=O)[C@H](Cc1ccc(NC(=O)c2cc(C(F)(F)F)ccc2Cl)cc1)NC(=O)C1CCC(C)(C(=O)O)C1(C)C. The Balaban J connectivity index is 1.71. The van der Waals surface area contributed by atoms with Crippen molar-refractivity contribution < 1.29 is 42.2 Å². The molecule has 0 heterocycles. The van der Waals surface area contributed by atoms with Crippen LogP contribution in [0, 0.1) is 16.7 Å². The van der Waals surface area contributed by atoms with Crippen LogP contribution in [0.1, 0.15) is 55.1 Å². The van der Waals surface area contributed by atoms with E-state index in [9.17, 15) is 37.5 Å². The van der Waals surface area contributed by atoms with Gasteiger partial charge in [0.2, 0.25) is 5.91 Å². The number of hydrogen-bond acceptors (Lipinski definition) is 5. The van der Waals surface area contributed by atoms with E-state index in [0.717, 1.165) is 12.1 Å². The van der Waals surface area contributed by atoms with Crippen LogP contribution in [0.4, 0.5) is 18.9 Å². The number of nitrogens with one attached hydrogen (secondary N) is 2. The maximum atomic E-state index is 13.2. The summed E-state index contributed by atoms with van der Waals surface area (Å²) in [6.45, 7) is 5.07. The zero-order chi connectivity index (χ0) is 30.0. The first-order chi connectivity index (χ1) is 18.5.